The quantitative estimate of drug-likeness (QED) is 0.286. The molecule has 2 aliphatic carbocycles. The molecule has 1 aliphatic heterocycles. The average Bonchev–Trinajstić information content (AvgIpc) is 3.65. The third-order valence-electron chi connectivity index (χ3n) is 8.24. The van der Waals surface area contributed by atoms with Gasteiger partial charge >= 0.3 is 5.97 Å². The van der Waals surface area contributed by atoms with E-state index in [2.05, 4.69) is 30.3 Å². The smallest absolute Gasteiger partial charge is 0.331 e. The van der Waals surface area contributed by atoms with E-state index in [1.807, 2.05) is 12.1 Å². The number of carboxylic acid groups (broad SMARTS) is 1. The highest BCUT2D eigenvalue weighted by Crippen LogP contribution is 2.65. The molecule has 3 atom stereocenters. The molecule has 0 radical (unpaired) electrons. The number of halogens is 2. The molecule has 0 saturated heterocycles. The summed E-state index contributed by atoms with van der Waals surface area (Å²) in [5, 5.41) is 14.4. The number of aliphatic carboxylic acids is 1. The first-order chi connectivity index (χ1) is 17.9. The van der Waals surface area contributed by atoms with Crippen molar-refractivity contribution in [1.29, 1.82) is 0 Å². The van der Waals surface area contributed by atoms with E-state index >= 15 is 0 Å². The van der Waals surface area contributed by atoms with Gasteiger partial charge < -0.3 is 5.11 Å². The minimum absolute atomic E-state index is 0.141. The van der Waals surface area contributed by atoms with Crippen LogP contribution in [-0.4, -0.2) is 20.9 Å². The molecule has 37 heavy (non-hydrogen) atoms. The van der Waals surface area contributed by atoms with Gasteiger partial charge in [0.2, 0.25) is 0 Å². The number of hydrogen-bond acceptors (Lipinski definition) is 3. The van der Waals surface area contributed by atoms with E-state index in [-0.39, 0.29) is 16.7 Å². The number of nitrogens with zero attached hydrogens (tertiary/aromatic N) is 1. The van der Waals surface area contributed by atoms with Crippen LogP contribution in [0, 0.1) is 0 Å². The van der Waals surface area contributed by atoms with E-state index in [0.717, 1.165) is 40.1 Å². The van der Waals surface area contributed by atoms with E-state index in [1.54, 1.807) is 28.8 Å². The van der Waals surface area contributed by atoms with Gasteiger partial charge in [0.05, 0.1) is 10.3 Å². The van der Waals surface area contributed by atoms with Crippen LogP contribution in [0.4, 0.5) is 0 Å². The molecule has 0 amide bonds. The van der Waals surface area contributed by atoms with Crippen molar-refractivity contribution in [2.24, 2.45) is 0 Å². The molecule has 0 spiro atoms. The number of rotatable bonds is 5. The highest BCUT2D eigenvalue weighted by molar-refractivity contribution is 8.00. The van der Waals surface area contributed by atoms with Gasteiger partial charge in [0.25, 0.3) is 5.56 Å². The number of carbonyl (C=O) groups is 1. The largest absolute Gasteiger partial charge is 0.479 e. The third kappa shape index (κ3) is 3.44. The van der Waals surface area contributed by atoms with Crippen molar-refractivity contribution in [3.8, 4) is 0 Å². The second kappa shape index (κ2) is 8.39. The van der Waals surface area contributed by atoms with Crippen molar-refractivity contribution in [2.75, 3.05) is 0 Å². The molecule has 186 valence electrons. The molecule has 4 aromatic rings. The zero-order valence-electron chi connectivity index (χ0n) is 19.8. The summed E-state index contributed by atoms with van der Waals surface area (Å²) in [5.74, 6) is -0.748. The Bertz CT molecular complexity index is 1660. The molecule has 7 heteroatoms. The summed E-state index contributed by atoms with van der Waals surface area (Å²) in [4.78, 5) is 26.4. The molecule has 2 fully saturated rings. The van der Waals surface area contributed by atoms with E-state index in [4.69, 9.17) is 23.2 Å². The number of aromatic nitrogens is 1. The van der Waals surface area contributed by atoms with E-state index in [9.17, 15) is 14.7 Å². The Hall–Kier alpha value is -2.73. The molecule has 3 aromatic carbocycles. The van der Waals surface area contributed by atoms with Crippen molar-refractivity contribution in [3.05, 3.63) is 109 Å². The molecule has 0 bridgehead atoms. The molecule has 2 unspecified atom stereocenters. The van der Waals surface area contributed by atoms with E-state index in [0.29, 0.717) is 28.8 Å². The van der Waals surface area contributed by atoms with Gasteiger partial charge in [-0.15, -0.1) is 11.8 Å². The number of benzene rings is 3. The fourth-order valence-corrected chi connectivity index (χ4v) is 8.93. The van der Waals surface area contributed by atoms with Gasteiger partial charge in [-0.3, -0.25) is 9.36 Å². The van der Waals surface area contributed by atoms with Crippen molar-refractivity contribution >= 4 is 51.7 Å². The molecule has 7 rings (SSSR count). The molecule has 2 saturated carbocycles. The molecule has 3 aliphatic rings. The zero-order chi connectivity index (χ0) is 25.5. The summed E-state index contributed by atoms with van der Waals surface area (Å²) >= 11 is 14.6. The number of hydrogen-bond donors (Lipinski definition) is 1. The standard InChI is InChI=1S/C30H23Cl2NO3S/c31-22-6-3-7-23(32)26(22)21-15-30(29(35)36)27(21)37-28-25(18-10-11-18)20(14-24(34)33(28)30)13-16-8-9-17-4-1-2-5-19(17)12-16/h1-9,12,14,18,21,27H,10-11,13,15H2,(H,35,36)/t21-,27?,30?/m0/s1. The summed E-state index contributed by atoms with van der Waals surface area (Å²) < 4.78 is 1.59. The van der Waals surface area contributed by atoms with Crippen LogP contribution in [0.25, 0.3) is 10.8 Å². The van der Waals surface area contributed by atoms with Gasteiger partial charge in [-0.05, 0) is 76.8 Å². The lowest BCUT2D eigenvalue weighted by Crippen LogP contribution is -2.61. The Labute approximate surface area is 228 Å². The SMILES string of the molecule is O=C(O)C12C[C@@H](c3c(Cl)cccc3Cl)C1Sc1c(C3CC3)c(Cc3ccc4ccccc4c3)cc(=O)n12. The number of carboxylic acids is 1. The molecule has 4 nitrogen and oxygen atoms in total. The lowest BCUT2D eigenvalue weighted by molar-refractivity contribution is -0.153. The number of pyridine rings is 1. The fourth-order valence-electron chi connectivity index (χ4n) is 6.34. The number of fused-ring (bicyclic) bond motifs is 4. The van der Waals surface area contributed by atoms with Gasteiger partial charge in [-0.2, -0.15) is 0 Å². The summed E-state index contributed by atoms with van der Waals surface area (Å²) in [5.41, 5.74) is 2.56. The lowest BCUT2D eigenvalue weighted by Gasteiger charge is -2.48. The molecule has 1 N–H and O–H groups in total. The van der Waals surface area contributed by atoms with E-state index in [1.165, 1.54) is 22.5 Å². The second-order valence-corrected chi connectivity index (χ2v) is 12.4. The van der Waals surface area contributed by atoms with Crippen molar-refractivity contribution < 1.29 is 9.90 Å². The lowest BCUT2D eigenvalue weighted by atomic mass is 9.64. The van der Waals surface area contributed by atoms with Gasteiger partial charge in [0, 0.05) is 22.0 Å². The van der Waals surface area contributed by atoms with Gasteiger partial charge in [-0.25, -0.2) is 4.79 Å². The summed E-state index contributed by atoms with van der Waals surface area (Å²) in [6.45, 7) is 0. The fraction of sp³-hybridized carbons (Fsp3) is 0.267. The molecular formula is C30H23Cl2NO3S. The van der Waals surface area contributed by atoms with Crippen molar-refractivity contribution in [3.63, 3.8) is 0 Å². The van der Waals surface area contributed by atoms with Crippen molar-refractivity contribution in [1.82, 2.24) is 4.57 Å². The van der Waals surface area contributed by atoms with Crippen LogP contribution >= 0.6 is 35.0 Å². The second-order valence-electron chi connectivity index (χ2n) is 10.4. The topological polar surface area (TPSA) is 59.3 Å². The molecule has 1 aromatic heterocycles. The van der Waals surface area contributed by atoms with Crippen molar-refractivity contribution in [2.45, 2.75) is 53.3 Å². The minimum atomic E-state index is -1.28. The van der Waals surface area contributed by atoms with E-state index < -0.39 is 11.5 Å². The average molecular weight is 548 g/mol. The first-order valence-corrected chi connectivity index (χ1v) is 14.1. The third-order valence-corrected chi connectivity index (χ3v) is 10.5. The van der Waals surface area contributed by atoms with Crippen LogP contribution in [0.5, 0.6) is 0 Å². The Morgan fingerprint density at radius 3 is 2.41 bits per heavy atom. The summed E-state index contributed by atoms with van der Waals surface area (Å²) in [6, 6.07) is 21.7. The minimum Gasteiger partial charge on any atom is -0.479 e. The Morgan fingerprint density at radius 1 is 0.973 bits per heavy atom. The van der Waals surface area contributed by atoms with Crippen LogP contribution in [0.1, 0.15) is 53.4 Å². The Morgan fingerprint density at radius 2 is 1.70 bits per heavy atom. The monoisotopic (exact) mass is 547 g/mol. The maximum Gasteiger partial charge on any atom is 0.331 e. The van der Waals surface area contributed by atoms with Crippen LogP contribution in [-0.2, 0) is 16.8 Å². The van der Waals surface area contributed by atoms with Gasteiger partial charge in [0.15, 0.2) is 5.54 Å². The van der Waals surface area contributed by atoms with Crippen LogP contribution in [0.15, 0.2) is 76.6 Å². The Kier molecular flexibility index (Phi) is 5.30. The Balaban J connectivity index is 1.35. The zero-order valence-corrected chi connectivity index (χ0v) is 22.1. The van der Waals surface area contributed by atoms with Crippen LogP contribution in [0.3, 0.4) is 0 Å². The summed E-state index contributed by atoms with van der Waals surface area (Å²) in [6.07, 6.45) is 3.05. The van der Waals surface area contributed by atoms with Gasteiger partial charge in [-0.1, -0.05) is 71.7 Å². The predicted octanol–water partition coefficient (Wildman–Crippen LogP) is 7.22. The summed E-state index contributed by atoms with van der Waals surface area (Å²) in [7, 11) is 0. The normalized spacial score (nSPS) is 23.9. The first-order valence-electron chi connectivity index (χ1n) is 12.5. The molecular weight excluding hydrogens is 525 g/mol. The highest BCUT2D eigenvalue weighted by Gasteiger charge is 2.67. The maximum atomic E-state index is 13.6. The van der Waals surface area contributed by atoms with Gasteiger partial charge in [0.1, 0.15) is 0 Å². The predicted molar refractivity (Wildman–Crippen MR) is 149 cm³/mol. The molecule has 2 heterocycles. The number of thioether (sulfide) groups is 1. The van der Waals surface area contributed by atoms with Crippen LogP contribution < -0.4 is 5.56 Å². The van der Waals surface area contributed by atoms with Crippen LogP contribution in [0.2, 0.25) is 10.0 Å². The first kappa shape index (κ1) is 23.4. The maximum absolute atomic E-state index is 13.6. The highest BCUT2D eigenvalue weighted by atomic mass is 35.5.